The normalized spacial score (nSPS) is 15.9. The highest BCUT2D eigenvalue weighted by Gasteiger charge is 2.33. The van der Waals surface area contributed by atoms with Crippen LogP contribution in [0.3, 0.4) is 0 Å². The van der Waals surface area contributed by atoms with Crippen LogP contribution in [0.5, 0.6) is 0 Å². The third-order valence-corrected chi connectivity index (χ3v) is 6.07. The fraction of sp³-hybridized carbons (Fsp3) is 0.200. The quantitative estimate of drug-likeness (QED) is 0.569. The molecule has 5 rings (SSSR count). The predicted octanol–water partition coefficient (Wildman–Crippen LogP) is 3.07. The lowest BCUT2D eigenvalue weighted by molar-refractivity contribution is 0.0981. The molecule has 0 bridgehead atoms. The van der Waals surface area contributed by atoms with Crippen LogP contribution in [0.4, 0.5) is 5.69 Å². The molecule has 0 fully saturated rings. The summed E-state index contributed by atoms with van der Waals surface area (Å²) in [6.07, 6.45) is 2.38. The molecule has 4 heterocycles. The zero-order valence-electron chi connectivity index (χ0n) is 15.3. The van der Waals surface area contributed by atoms with Crippen molar-refractivity contribution in [1.29, 1.82) is 0 Å². The highest BCUT2D eigenvalue weighted by Crippen LogP contribution is 2.33. The zero-order valence-corrected chi connectivity index (χ0v) is 16.2. The highest BCUT2D eigenvalue weighted by molar-refractivity contribution is 7.17. The molecule has 1 N–H and O–H groups in total. The van der Waals surface area contributed by atoms with Gasteiger partial charge in [-0.05, 0) is 43.3 Å². The predicted molar refractivity (Wildman–Crippen MR) is 109 cm³/mol. The van der Waals surface area contributed by atoms with Crippen LogP contribution in [0, 0.1) is 6.92 Å². The summed E-state index contributed by atoms with van der Waals surface area (Å²) >= 11 is 1.35. The molecule has 0 radical (unpaired) electrons. The van der Waals surface area contributed by atoms with Crippen molar-refractivity contribution in [1.82, 2.24) is 19.7 Å². The van der Waals surface area contributed by atoms with Gasteiger partial charge < -0.3 is 4.90 Å². The summed E-state index contributed by atoms with van der Waals surface area (Å²) in [6, 6.07) is 9.84. The van der Waals surface area contributed by atoms with Crippen molar-refractivity contribution in [2.45, 2.75) is 26.3 Å². The van der Waals surface area contributed by atoms with Crippen LogP contribution in [0.25, 0.3) is 16.2 Å². The number of carbonyl (C=O) groups is 1. The molecule has 0 aliphatic carbocycles. The maximum atomic E-state index is 13.3. The average molecular weight is 391 g/mol. The topological polar surface area (TPSA) is 83.9 Å². The summed E-state index contributed by atoms with van der Waals surface area (Å²) in [6.45, 7) is 3.85. The number of fused-ring (bicyclic) bond motifs is 2. The van der Waals surface area contributed by atoms with Crippen LogP contribution in [0.2, 0.25) is 0 Å². The minimum Gasteiger partial charge on any atom is -0.305 e. The van der Waals surface area contributed by atoms with Crippen molar-refractivity contribution in [2.24, 2.45) is 0 Å². The SMILES string of the molecule is Cc1c(C(=O)N2c3ccccc3C[C@@H]2C)cnn1-c1nc2ccsc2c(=O)[nH]1. The van der Waals surface area contributed by atoms with Crippen LogP contribution in [0.15, 0.2) is 46.7 Å². The molecule has 28 heavy (non-hydrogen) atoms. The van der Waals surface area contributed by atoms with Crippen molar-refractivity contribution in [2.75, 3.05) is 4.90 Å². The fourth-order valence-electron chi connectivity index (χ4n) is 3.80. The molecule has 1 atom stereocenters. The number of aromatic amines is 1. The Morgan fingerprint density at radius 3 is 2.96 bits per heavy atom. The molecule has 1 aliphatic heterocycles. The maximum Gasteiger partial charge on any atom is 0.270 e. The van der Waals surface area contributed by atoms with E-state index < -0.39 is 0 Å². The second-order valence-electron chi connectivity index (χ2n) is 6.94. The second-order valence-corrected chi connectivity index (χ2v) is 7.85. The third-order valence-electron chi connectivity index (χ3n) is 5.17. The maximum absolute atomic E-state index is 13.3. The van der Waals surface area contributed by atoms with Crippen LogP contribution in [0.1, 0.15) is 28.5 Å². The Balaban J connectivity index is 1.57. The van der Waals surface area contributed by atoms with Gasteiger partial charge in [-0.2, -0.15) is 5.10 Å². The van der Waals surface area contributed by atoms with Crippen molar-refractivity contribution in [3.8, 4) is 5.95 Å². The number of thiophene rings is 1. The molecule has 1 aliphatic rings. The Kier molecular flexibility index (Phi) is 3.70. The van der Waals surface area contributed by atoms with Crippen molar-refractivity contribution >= 4 is 33.1 Å². The van der Waals surface area contributed by atoms with Crippen LogP contribution < -0.4 is 10.5 Å². The number of aromatic nitrogens is 4. The van der Waals surface area contributed by atoms with Gasteiger partial charge in [0.05, 0.1) is 23.0 Å². The number of hydrogen-bond donors (Lipinski definition) is 1. The standard InChI is InChI=1S/C20H17N5O2S/c1-11-9-13-5-3-4-6-16(13)24(11)19(27)14-10-21-25(12(14)2)20-22-15-7-8-28-17(15)18(26)23-20/h3-8,10-11H,9H2,1-2H3,(H,22,23,26)/t11-/m0/s1. The third kappa shape index (κ3) is 2.41. The Labute approximate surface area is 164 Å². The largest absolute Gasteiger partial charge is 0.305 e. The van der Waals surface area contributed by atoms with Gasteiger partial charge in [0, 0.05) is 11.7 Å². The van der Waals surface area contributed by atoms with Crippen molar-refractivity contribution in [3.63, 3.8) is 0 Å². The van der Waals surface area contributed by atoms with Gasteiger partial charge >= 0.3 is 0 Å². The number of carbonyl (C=O) groups excluding carboxylic acids is 1. The van der Waals surface area contributed by atoms with Gasteiger partial charge in [0.1, 0.15) is 4.70 Å². The summed E-state index contributed by atoms with van der Waals surface area (Å²) < 4.78 is 2.09. The summed E-state index contributed by atoms with van der Waals surface area (Å²) in [5.41, 5.74) is 3.66. The first-order valence-corrected chi connectivity index (χ1v) is 9.86. The molecule has 140 valence electrons. The van der Waals surface area contributed by atoms with Gasteiger partial charge in [-0.3, -0.25) is 14.6 Å². The van der Waals surface area contributed by atoms with E-state index in [9.17, 15) is 9.59 Å². The van der Waals surface area contributed by atoms with Gasteiger partial charge in [-0.1, -0.05) is 18.2 Å². The Bertz CT molecular complexity index is 1290. The van der Waals surface area contributed by atoms with Gasteiger partial charge in [0.25, 0.3) is 11.5 Å². The summed E-state index contributed by atoms with van der Waals surface area (Å²) in [5, 5.41) is 6.16. The van der Waals surface area contributed by atoms with E-state index in [-0.39, 0.29) is 17.5 Å². The van der Waals surface area contributed by atoms with Gasteiger partial charge in [-0.15, -0.1) is 11.3 Å². The summed E-state index contributed by atoms with van der Waals surface area (Å²) in [5.74, 6) is 0.211. The molecule has 0 unspecified atom stereocenters. The molecule has 0 saturated heterocycles. The van der Waals surface area contributed by atoms with Crippen LogP contribution >= 0.6 is 11.3 Å². The first-order chi connectivity index (χ1) is 13.5. The lowest BCUT2D eigenvalue weighted by atomic mass is 10.1. The average Bonchev–Trinajstić information content (AvgIpc) is 3.37. The molecule has 1 amide bonds. The Morgan fingerprint density at radius 2 is 2.11 bits per heavy atom. The first kappa shape index (κ1) is 16.9. The number of hydrogen-bond acceptors (Lipinski definition) is 5. The number of para-hydroxylation sites is 1. The minimum atomic E-state index is -0.208. The molecule has 8 heteroatoms. The van der Waals surface area contributed by atoms with E-state index in [1.54, 1.807) is 12.3 Å². The molecule has 0 spiro atoms. The van der Waals surface area contributed by atoms with Crippen LogP contribution in [-0.4, -0.2) is 31.7 Å². The number of rotatable bonds is 2. The fourth-order valence-corrected chi connectivity index (χ4v) is 4.52. The molecule has 1 aromatic carbocycles. The Hall–Kier alpha value is -3.26. The molecular weight excluding hydrogens is 374 g/mol. The number of anilines is 1. The van der Waals surface area contributed by atoms with E-state index in [0.29, 0.717) is 27.4 Å². The number of nitrogens with zero attached hydrogens (tertiary/aromatic N) is 4. The number of amides is 1. The highest BCUT2D eigenvalue weighted by atomic mass is 32.1. The van der Waals surface area contributed by atoms with E-state index in [4.69, 9.17) is 0 Å². The summed E-state index contributed by atoms with van der Waals surface area (Å²) in [7, 11) is 0. The van der Waals surface area contributed by atoms with E-state index >= 15 is 0 Å². The van der Waals surface area contributed by atoms with E-state index in [2.05, 4.69) is 21.1 Å². The summed E-state index contributed by atoms with van der Waals surface area (Å²) in [4.78, 5) is 34.6. The van der Waals surface area contributed by atoms with E-state index in [1.165, 1.54) is 21.6 Å². The van der Waals surface area contributed by atoms with Gasteiger partial charge in [0.15, 0.2) is 0 Å². The first-order valence-electron chi connectivity index (χ1n) is 8.98. The minimum absolute atomic E-state index is 0.0766. The smallest absolute Gasteiger partial charge is 0.270 e. The zero-order chi connectivity index (χ0) is 19.4. The number of H-pyrrole nitrogens is 1. The molecule has 4 aromatic rings. The Morgan fingerprint density at radius 1 is 1.29 bits per heavy atom. The molecule has 7 nitrogen and oxygen atoms in total. The monoisotopic (exact) mass is 391 g/mol. The van der Waals surface area contributed by atoms with Crippen molar-refractivity contribution < 1.29 is 4.79 Å². The van der Waals surface area contributed by atoms with Crippen molar-refractivity contribution in [3.05, 3.63) is 69.1 Å². The number of nitrogens with one attached hydrogen (secondary N) is 1. The van der Waals surface area contributed by atoms with E-state index in [1.807, 2.05) is 42.3 Å². The molecular formula is C20H17N5O2S. The number of benzene rings is 1. The molecule has 3 aromatic heterocycles. The second kappa shape index (κ2) is 6.13. The van der Waals surface area contributed by atoms with Crippen LogP contribution in [-0.2, 0) is 6.42 Å². The lowest BCUT2D eigenvalue weighted by Gasteiger charge is -2.22. The van der Waals surface area contributed by atoms with E-state index in [0.717, 1.165) is 12.1 Å². The van der Waals surface area contributed by atoms with Gasteiger partial charge in [0.2, 0.25) is 5.95 Å². The van der Waals surface area contributed by atoms with Gasteiger partial charge in [-0.25, -0.2) is 9.67 Å². The molecule has 0 saturated carbocycles. The lowest BCUT2D eigenvalue weighted by Crippen LogP contribution is -2.36.